The first-order valence-corrected chi connectivity index (χ1v) is 5.98. The Morgan fingerprint density at radius 3 is 2.82 bits per heavy atom. The van der Waals surface area contributed by atoms with Crippen molar-refractivity contribution in [3.05, 3.63) is 41.6 Å². The molecule has 0 radical (unpaired) electrons. The minimum absolute atomic E-state index is 0.829. The number of hydrogen-bond donors (Lipinski definition) is 1. The van der Waals surface area contributed by atoms with Gasteiger partial charge in [-0.3, -0.25) is 4.99 Å². The quantitative estimate of drug-likeness (QED) is 0.767. The van der Waals surface area contributed by atoms with Crippen molar-refractivity contribution < 1.29 is 0 Å². The van der Waals surface area contributed by atoms with Gasteiger partial charge in [0.25, 0.3) is 0 Å². The largest absolute Gasteiger partial charge is 0.355 e. The Hall–Kier alpha value is -1.83. The first kappa shape index (κ1) is 11.6. The van der Waals surface area contributed by atoms with E-state index in [4.69, 9.17) is 0 Å². The van der Waals surface area contributed by atoms with E-state index < -0.39 is 0 Å². The average Bonchev–Trinajstić information content (AvgIpc) is 2.68. The zero-order chi connectivity index (χ0) is 12.3. The van der Waals surface area contributed by atoms with Gasteiger partial charge in [0.2, 0.25) is 0 Å². The molecule has 0 bridgehead atoms. The Labute approximate surface area is 102 Å². The minimum atomic E-state index is 0.829. The Morgan fingerprint density at radius 1 is 1.35 bits per heavy atom. The lowest BCUT2D eigenvalue weighted by molar-refractivity contribution is 1.14. The van der Waals surface area contributed by atoms with Gasteiger partial charge in [-0.15, -0.1) is 0 Å². The van der Waals surface area contributed by atoms with Gasteiger partial charge in [0.1, 0.15) is 0 Å². The molecule has 0 saturated heterocycles. The van der Waals surface area contributed by atoms with Crippen LogP contribution in [0.5, 0.6) is 0 Å². The van der Waals surface area contributed by atoms with Gasteiger partial charge in [0.05, 0.1) is 0 Å². The minimum Gasteiger partial charge on any atom is -0.355 e. The summed E-state index contributed by atoms with van der Waals surface area (Å²) in [5, 5.41) is 1.29. The molecule has 0 aliphatic carbocycles. The van der Waals surface area contributed by atoms with E-state index in [0.717, 1.165) is 6.54 Å². The lowest BCUT2D eigenvalue weighted by Crippen LogP contribution is -1.83. The second-order valence-electron chi connectivity index (χ2n) is 4.17. The molecule has 0 unspecified atom stereocenters. The van der Waals surface area contributed by atoms with Crippen LogP contribution in [0.25, 0.3) is 16.5 Å². The van der Waals surface area contributed by atoms with Crippen LogP contribution >= 0.6 is 0 Å². The number of allylic oxidation sites excluding steroid dienone is 2. The predicted molar refractivity (Wildman–Crippen MR) is 75.7 cm³/mol. The summed E-state index contributed by atoms with van der Waals surface area (Å²) in [4.78, 5) is 7.67. The number of rotatable bonds is 3. The van der Waals surface area contributed by atoms with Gasteiger partial charge in [0.15, 0.2) is 0 Å². The third-order valence-corrected chi connectivity index (χ3v) is 2.97. The predicted octanol–water partition coefficient (Wildman–Crippen LogP) is 3.97. The number of aromatic amines is 1. The van der Waals surface area contributed by atoms with Gasteiger partial charge in [0, 0.05) is 29.4 Å². The van der Waals surface area contributed by atoms with E-state index in [1.807, 2.05) is 13.1 Å². The third-order valence-electron chi connectivity index (χ3n) is 2.97. The Kier molecular flexibility index (Phi) is 3.43. The molecule has 1 aromatic carbocycles. The molecule has 0 atom stereocenters. The number of benzene rings is 1. The van der Waals surface area contributed by atoms with E-state index in [1.54, 1.807) is 0 Å². The van der Waals surface area contributed by atoms with Crippen LogP contribution in [0.2, 0.25) is 0 Å². The molecule has 88 valence electrons. The van der Waals surface area contributed by atoms with Crippen LogP contribution < -0.4 is 0 Å². The molecule has 1 heterocycles. The number of aromatic nitrogens is 1. The maximum absolute atomic E-state index is 4.21. The highest BCUT2D eigenvalue weighted by Crippen LogP contribution is 2.25. The highest BCUT2D eigenvalue weighted by Gasteiger charge is 2.07. The van der Waals surface area contributed by atoms with Gasteiger partial charge < -0.3 is 4.98 Å². The highest BCUT2D eigenvalue weighted by atomic mass is 14.7. The number of fused-ring (bicyclic) bond motifs is 1. The number of hydrogen-bond acceptors (Lipinski definition) is 1. The molecule has 2 aromatic rings. The second kappa shape index (κ2) is 5.00. The lowest BCUT2D eigenvalue weighted by atomic mass is 10.1. The summed E-state index contributed by atoms with van der Waals surface area (Å²) >= 11 is 0. The van der Waals surface area contributed by atoms with Gasteiger partial charge in [-0.1, -0.05) is 18.2 Å². The van der Waals surface area contributed by atoms with Gasteiger partial charge in [-0.25, -0.2) is 0 Å². The summed E-state index contributed by atoms with van der Waals surface area (Å²) in [6.45, 7) is 7.13. The number of H-pyrrole nitrogens is 1. The number of aryl methyl sites for hydroxylation is 1. The molecular weight excluding hydrogens is 208 g/mol. The SMILES string of the molecule is CCN=CC=C(C)c1[nH]c2ccccc2c1C. The zero-order valence-electron chi connectivity index (χ0n) is 10.6. The molecule has 1 N–H and O–H groups in total. The molecule has 0 amide bonds. The zero-order valence-corrected chi connectivity index (χ0v) is 10.6. The Morgan fingerprint density at radius 2 is 2.12 bits per heavy atom. The smallest absolute Gasteiger partial charge is 0.0461 e. The van der Waals surface area contributed by atoms with Crippen molar-refractivity contribution in [1.29, 1.82) is 0 Å². The second-order valence-corrected chi connectivity index (χ2v) is 4.17. The molecule has 0 fully saturated rings. The first-order chi connectivity index (χ1) is 8.24. The topological polar surface area (TPSA) is 28.1 Å². The van der Waals surface area contributed by atoms with Crippen molar-refractivity contribution in [2.75, 3.05) is 6.54 Å². The van der Waals surface area contributed by atoms with E-state index in [-0.39, 0.29) is 0 Å². The van der Waals surface area contributed by atoms with E-state index >= 15 is 0 Å². The standard InChI is InChI=1S/C15H18N2/c1-4-16-10-9-11(2)15-12(3)13-7-5-6-8-14(13)17-15/h5-10,17H,4H2,1-3H3. The molecule has 0 spiro atoms. The highest BCUT2D eigenvalue weighted by molar-refractivity contribution is 5.91. The van der Waals surface area contributed by atoms with Gasteiger partial charge >= 0.3 is 0 Å². The fourth-order valence-electron chi connectivity index (χ4n) is 2.03. The third kappa shape index (κ3) is 2.31. The summed E-state index contributed by atoms with van der Waals surface area (Å²) in [5.41, 5.74) is 4.92. The summed E-state index contributed by atoms with van der Waals surface area (Å²) < 4.78 is 0. The molecular formula is C15H18N2. The van der Waals surface area contributed by atoms with Crippen molar-refractivity contribution in [3.63, 3.8) is 0 Å². The number of nitrogens with one attached hydrogen (secondary N) is 1. The van der Waals surface area contributed by atoms with Crippen LogP contribution in [0.1, 0.15) is 25.1 Å². The van der Waals surface area contributed by atoms with Crippen LogP contribution in [-0.4, -0.2) is 17.7 Å². The molecule has 0 aliphatic heterocycles. The molecule has 2 rings (SSSR count). The summed E-state index contributed by atoms with van der Waals surface area (Å²) in [6, 6.07) is 8.39. The van der Waals surface area contributed by atoms with Crippen LogP contribution in [0.15, 0.2) is 35.3 Å². The first-order valence-electron chi connectivity index (χ1n) is 5.98. The van der Waals surface area contributed by atoms with Crippen LogP contribution in [0.3, 0.4) is 0 Å². The van der Waals surface area contributed by atoms with E-state index in [9.17, 15) is 0 Å². The molecule has 2 heteroatoms. The van der Waals surface area contributed by atoms with Crippen molar-refractivity contribution >= 4 is 22.7 Å². The van der Waals surface area contributed by atoms with Crippen LogP contribution in [0, 0.1) is 6.92 Å². The summed E-state index contributed by atoms with van der Waals surface area (Å²) in [7, 11) is 0. The van der Waals surface area contributed by atoms with Gasteiger partial charge in [-0.05, 0) is 44.1 Å². The molecule has 0 aliphatic rings. The van der Waals surface area contributed by atoms with Crippen LogP contribution in [0.4, 0.5) is 0 Å². The number of aliphatic imine (C=N–C) groups is 1. The van der Waals surface area contributed by atoms with Crippen molar-refractivity contribution in [3.8, 4) is 0 Å². The summed E-state index contributed by atoms with van der Waals surface area (Å²) in [5.74, 6) is 0. The monoisotopic (exact) mass is 226 g/mol. The van der Waals surface area contributed by atoms with Crippen molar-refractivity contribution in [1.82, 2.24) is 4.98 Å². The molecule has 1 aromatic heterocycles. The Bertz CT molecular complexity index is 574. The fraction of sp³-hybridized carbons (Fsp3) is 0.267. The van der Waals surface area contributed by atoms with E-state index in [1.165, 1.54) is 27.7 Å². The summed E-state index contributed by atoms with van der Waals surface area (Å²) in [6.07, 6.45) is 3.93. The van der Waals surface area contributed by atoms with Gasteiger partial charge in [-0.2, -0.15) is 0 Å². The van der Waals surface area contributed by atoms with Crippen LogP contribution in [-0.2, 0) is 0 Å². The maximum atomic E-state index is 4.21. The fourth-order valence-corrected chi connectivity index (χ4v) is 2.03. The van der Waals surface area contributed by atoms with Crippen molar-refractivity contribution in [2.45, 2.75) is 20.8 Å². The average molecular weight is 226 g/mol. The number of para-hydroxylation sites is 1. The molecule has 0 saturated carbocycles. The Balaban J connectivity index is 2.45. The number of nitrogens with zero attached hydrogens (tertiary/aromatic N) is 1. The van der Waals surface area contributed by atoms with E-state index in [0.29, 0.717) is 0 Å². The molecule has 17 heavy (non-hydrogen) atoms. The maximum Gasteiger partial charge on any atom is 0.0461 e. The molecule has 2 nitrogen and oxygen atoms in total. The normalized spacial score (nSPS) is 12.8. The van der Waals surface area contributed by atoms with Crippen molar-refractivity contribution in [2.24, 2.45) is 4.99 Å². The lowest BCUT2D eigenvalue weighted by Gasteiger charge is -1.98. The van der Waals surface area contributed by atoms with E-state index in [2.05, 4.69) is 54.2 Å².